The Morgan fingerprint density at radius 3 is 2.00 bits per heavy atom. The molecule has 0 radical (unpaired) electrons. The van der Waals surface area contributed by atoms with Gasteiger partial charge in [-0.25, -0.2) is 0 Å². The van der Waals surface area contributed by atoms with Gasteiger partial charge in [-0.05, 0) is 12.1 Å². The van der Waals surface area contributed by atoms with Gasteiger partial charge >= 0.3 is 0 Å². The van der Waals surface area contributed by atoms with Gasteiger partial charge in [0.1, 0.15) is 0 Å². The van der Waals surface area contributed by atoms with Crippen LogP contribution in [0.5, 0.6) is 0 Å². The number of nitrogen functional groups attached to an aromatic ring is 1. The Kier molecular flexibility index (Phi) is 14.8. The molecule has 16 heavy (non-hydrogen) atoms. The lowest BCUT2D eigenvalue weighted by Gasteiger charge is -2.04. The maximum absolute atomic E-state index is 5.56. The van der Waals surface area contributed by atoms with Crippen molar-refractivity contribution in [1.82, 2.24) is 0 Å². The molecule has 0 unspecified atom stereocenters. The van der Waals surface area contributed by atoms with Crippen LogP contribution >= 0.6 is 0 Å². The van der Waals surface area contributed by atoms with Crippen molar-refractivity contribution in [2.24, 2.45) is 0 Å². The number of benzene rings is 1. The first-order valence-corrected chi connectivity index (χ1v) is 5.89. The van der Waals surface area contributed by atoms with Crippen LogP contribution in [0.25, 0.3) is 0 Å². The lowest BCUT2D eigenvalue weighted by atomic mass is 10.3. The van der Waals surface area contributed by atoms with Gasteiger partial charge in [0.2, 0.25) is 0 Å². The molecule has 0 aliphatic rings. The highest BCUT2D eigenvalue weighted by Gasteiger charge is 1.92. The smallest absolute Gasteiger partial charge is 0.0833 e. The van der Waals surface area contributed by atoms with Crippen LogP contribution in [0.1, 0.15) is 40.5 Å². The molecule has 0 fully saturated rings. The van der Waals surface area contributed by atoms with Crippen molar-refractivity contribution in [3.8, 4) is 0 Å². The first kappa shape index (κ1) is 17.2. The Labute approximate surface area is 100.0 Å². The van der Waals surface area contributed by atoms with E-state index in [-0.39, 0.29) is 0 Å². The van der Waals surface area contributed by atoms with Gasteiger partial charge in [0, 0.05) is 0 Å². The van der Waals surface area contributed by atoms with Gasteiger partial charge in [0.25, 0.3) is 0 Å². The van der Waals surface area contributed by atoms with Gasteiger partial charge in [-0.2, -0.15) is 0 Å². The van der Waals surface area contributed by atoms with Crippen LogP contribution in [-0.2, 0) is 4.84 Å². The summed E-state index contributed by atoms with van der Waals surface area (Å²) in [5.74, 6) is 0. The fourth-order valence-corrected chi connectivity index (χ4v) is 0.700. The van der Waals surface area contributed by atoms with Gasteiger partial charge in [-0.1, -0.05) is 52.7 Å². The van der Waals surface area contributed by atoms with E-state index < -0.39 is 0 Å². The maximum atomic E-state index is 5.56. The van der Waals surface area contributed by atoms with E-state index in [2.05, 4.69) is 24.2 Å². The van der Waals surface area contributed by atoms with Crippen molar-refractivity contribution < 1.29 is 4.84 Å². The minimum absolute atomic E-state index is 0.685. The van der Waals surface area contributed by atoms with Crippen molar-refractivity contribution >= 4 is 11.4 Å². The fourth-order valence-electron chi connectivity index (χ4n) is 0.700. The predicted molar refractivity (Wildman–Crippen MR) is 73.4 cm³/mol. The number of para-hydroxylation sites is 2. The number of anilines is 2. The molecular formula is C13H26N2O. The molecule has 0 saturated carbocycles. The predicted octanol–water partition coefficient (Wildman–Crippen LogP) is 4.07. The molecule has 1 aromatic carbocycles. The normalized spacial score (nSPS) is 8.06. The fraction of sp³-hybridized carbons (Fsp3) is 0.538. The first-order valence-electron chi connectivity index (χ1n) is 5.89. The van der Waals surface area contributed by atoms with Crippen LogP contribution in [0, 0.1) is 0 Å². The van der Waals surface area contributed by atoms with E-state index in [4.69, 9.17) is 5.73 Å². The molecular weight excluding hydrogens is 200 g/mol. The van der Waals surface area contributed by atoms with E-state index in [1.165, 1.54) is 12.8 Å². The molecule has 0 amide bonds. The average Bonchev–Trinajstić information content (AvgIpc) is 2.35. The van der Waals surface area contributed by atoms with E-state index in [0.717, 1.165) is 5.69 Å². The number of hydrogen-bond donors (Lipinski definition) is 2. The lowest BCUT2D eigenvalue weighted by molar-refractivity contribution is 0.271. The highest BCUT2D eigenvalue weighted by molar-refractivity contribution is 5.64. The van der Waals surface area contributed by atoms with Crippen LogP contribution in [0.3, 0.4) is 0 Å². The Bertz CT molecular complexity index is 237. The van der Waals surface area contributed by atoms with Crippen molar-refractivity contribution in [1.29, 1.82) is 0 Å². The van der Waals surface area contributed by atoms with Crippen LogP contribution in [0.4, 0.5) is 11.4 Å². The average molecular weight is 226 g/mol. The van der Waals surface area contributed by atoms with E-state index in [0.29, 0.717) is 5.69 Å². The van der Waals surface area contributed by atoms with Crippen LogP contribution in [0.15, 0.2) is 24.3 Å². The number of rotatable bonds is 3. The van der Waals surface area contributed by atoms with E-state index in [1.807, 2.05) is 32.0 Å². The minimum atomic E-state index is 0.685. The SMILES string of the molecule is CC.CCCC.CONc1ccccc1N. The van der Waals surface area contributed by atoms with E-state index >= 15 is 0 Å². The summed E-state index contributed by atoms with van der Waals surface area (Å²) in [6.07, 6.45) is 2.64. The van der Waals surface area contributed by atoms with Gasteiger partial charge in [0.15, 0.2) is 0 Å². The highest BCUT2D eigenvalue weighted by Crippen LogP contribution is 2.15. The Morgan fingerprint density at radius 2 is 1.62 bits per heavy atom. The zero-order valence-electron chi connectivity index (χ0n) is 11.2. The Balaban J connectivity index is 0. The third kappa shape index (κ3) is 9.34. The summed E-state index contributed by atoms with van der Waals surface area (Å²) in [7, 11) is 1.55. The van der Waals surface area contributed by atoms with Gasteiger partial charge in [-0.3, -0.25) is 10.3 Å². The summed E-state index contributed by atoms with van der Waals surface area (Å²) in [6.45, 7) is 8.36. The Hall–Kier alpha value is -1.22. The number of hydrogen-bond acceptors (Lipinski definition) is 3. The second-order valence-corrected chi connectivity index (χ2v) is 2.89. The van der Waals surface area contributed by atoms with Crippen molar-refractivity contribution in [2.75, 3.05) is 18.3 Å². The molecule has 1 aromatic rings. The summed E-state index contributed by atoms with van der Waals surface area (Å²) in [5.41, 5.74) is 9.70. The molecule has 3 nitrogen and oxygen atoms in total. The maximum Gasteiger partial charge on any atom is 0.0833 e. The first-order chi connectivity index (χ1) is 7.76. The number of unbranched alkanes of at least 4 members (excludes halogenated alkanes) is 1. The molecule has 1 rings (SSSR count). The molecule has 0 aliphatic heterocycles. The summed E-state index contributed by atoms with van der Waals surface area (Å²) in [5, 5.41) is 0. The largest absolute Gasteiger partial charge is 0.397 e. The van der Waals surface area contributed by atoms with E-state index in [1.54, 1.807) is 13.2 Å². The highest BCUT2D eigenvalue weighted by atomic mass is 16.6. The summed E-state index contributed by atoms with van der Waals surface area (Å²) >= 11 is 0. The monoisotopic (exact) mass is 226 g/mol. The van der Waals surface area contributed by atoms with Gasteiger partial charge in [-0.15, -0.1) is 0 Å². The molecule has 3 heteroatoms. The van der Waals surface area contributed by atoms with Crippen LogP contribution in [-0.4, -0.2) is 7.11 Å². The molecule has 94 valence electrons. The van der Waals surface area contributed by atoms with Crippen molar-refractivity contribution in [3.05, 3.63) is 24.3 Å². The minimum Gasteiger partial charge on any atom is -0.397 e. The standard InChI is InChI=1S/C7H10N2O.C4H10.C2H6/c1-10-9-7-5-3-2-4-6(7)8;1-3-4-2;1-2/h2-5,9H,8H2,1H3;3-4H2,1-2H3;1-2H3. The lowest BCUT2D eigenvalue weighted by Crippen LogP contribution is -1.98. The van der Waals surface area contributed by atoms with Gasteiger partial charge in [0.05, 0.1) is 18.5 Å². The molecule has 0 spiro atoms. The second kappa shape index (κ2) is 13.8. The number of nitrogens with one attached hydrogen (secondary N) is 1. The molecule has 0 atom stereocenters. The van der Waals surface area contributed by atoms with Crippen LogP contribution in [0.2, 0.25) is 0 Å². The van der Waals surface area contributed by atoms with Crippen molar-refractivity contribution in [3.63, 3.8) is 0 Å². The molecule has 3 N–H and O–H groups in total. The quantitative estimate of drug-likeness (QED) is 0.603. The molecule has 0 bridgehead atoms. The number of nitrogens with two attached hydrogens (primary N) is 1. The van der Waals surface area contributed by atoms with E-state index in [9.17, 15) is 0 Å². The topological polar surface area (TPSA) is 47.3 Å². The summed E-state index contributed by atoms with van der Waals surface area (Å²) in [4.78, 5) is 4.68. The summed E-state index contributed by atoms with van der Waals surface area (Å²) < 4.78 is 0. The second-order valence-electron chi connectivity index (χ2n) is 2.89. The third-order valence-corrected chi connectivity index (χ3v) is 1.67. The molecule has 0 heterocycles. The molecule has 0 aliphatic carbocycles. The third-order valence-electron chi connectivity index (χ3n) is 1.67. The Morgan fingerprint density at radius 1 is 1.12 bits per heavy atom. The van der Waals surface area contributed by atoms with Gasteiger partial charge < -0.3 is 5.73 Å². The zero-order chi connectivity index (χ0) is 12.8. The molecule has 0 aromatic heterocycles. The summed E-state index contributed by atoms with van der Waals surface area (Å²) in [6, 6.07) is 7.41. The van der Waals surface area contributed by atoms with Crippen molar-refractivity contribution in [2.45, 2.75) is 40.5 Å². The zero-order valence-corrected chi connectivity index (χ0v) is 11.2. The molecule has 0 saturated heterocycles. The van der Waals surface area contributed by atoms with Crippen LogP contribution < -0.4 is 11.2 Å².